The van der Waals surface area contributed by atoms with Crippen LogP contribution in [0.3, 0.4) is 0 Å². The predicted octanol–water partition coefficient (Wildman–Crippen LogP) is 5.32. The number of hydrogen-bond acceptors (Lipinski definition) is 3. The van der Waals surface area contributed by atoms with E-state index in [-0.39, 0.29) is 0 Å². The summed E-state index contributed by atoms with van der Waals surface area (Å²) in [6.45, 7) is 5.08. The van der Waals surface area contributed by atoms with E-state index in [4.69, 9.17) is 16.6 Å². The molecule has 154 valence electrons. The van der Waals surface area contributed by atoms with E-state index in [0.717, 1.165) is 36.8 Å². The number of piperidine rings is 1. The molecule has 2 aliphatic rings. The zero-order valence-corrected chi connectivity index (χ0v) is 18.1. The van der Waals surface area contributed by atoms with Crippen molar-refractivity contribution < 1.29 is 0 Å². The molecule has 1 N–H and O–H groups in total. The lowest BCUT2D eigenvalue weighted by Gasteiger charge is -2.32. The Balaban J connectivity index is 1.60. The summed E-state index contributed by atoms with van der Waals surface area (Å²) in [6.07, 6.45) is 11.6. The van der Waals surface area contributed by atoms with Gasteiger partial charge in [0, 0.05) is 29.9 Å². The Morgan fingerprint density at radius 3 is 2.83 bits per heavy atom. The molecule has 1 aromatic carbocycles. The summed E-state index contributed by atoms with van der Waals surface area (Å²) in [7, 11) is 0. The third-order valence-corrected chi connectivity index (χ3v) is 6.68. The Morgan fingerprint density at radius 2 is 2.03 bits per heavy atom. The van der Waals surface area contributed by atoms with Crippen LogP contribution in [-0.4, -0.2) is 27.6 Å². The first-order valence-electron chi connectivity index (χ1n) is 10.8. The zero-order chi connectivity index (χ0) is 20.5. The largest absolute Gasteiger partial charge is 0.337 e. The van der Waals surface area contributed by atoms with E-state index >= 15 is 0 Å². The molecule has 1 atom stereocenters. The fourth-order valence-electron chi connectivity index (χ4n) is 5.01. The van der Waals surface area contributed by atoms with E-state index < -0.39 is 0 Å². The zero-order valence-electron chi connectivity index (χ0n) is 17.3. The second kappa shape index (κ2) is 8.37. The van der Waals surface area contributed by atoms with Crippen molar-refractivity contribution in [1.29, 1.82) is 0 Å². The molecule has 1 aliphatic carbocycles. The van der Waals surface area contributed by atoms with Gasteiger partial charge >= 0.3 is 0 Å². The molecule has 1 fully saturated rings. The van der Waals surface area contributed by atoms with E-state index in [1.165, 1.54) is 40.8 Å². The molecule has 0 amide bonds. The summed E-state index contributed by atoms with van der Waals surface area (Å²) in [5.41, 5.74) is 7.47. The highest BCUT2D eigenvalue weighted by Gasteiger charge is 2.32. The first-order valence-corrected chi connectivity index (χ1v) is 11.2. The van der Waals surface area contributed by atoms with Gasteiger partial charge in [0.2, 0.25) is 0 Å². The van der Waals surface area contributed by atoms with E-state index in [2.05, 4.69) is 51.4 Å². The fourth-order valence-corrected chi connectivity index (χ4v) is 5.18. The maximum Gasteiger partial charge on any atom is 0.0949 e. The van der Waals surface area contributed by atoms with Gasteiger partial charge in [0.15, 0.2) is 0 Å². The molecule has 0 spiro atoms. The molecule has 3 aromatic rings. The molecule has 2 aromatic heterocycles. The minimum absolute atomic E-state index is 0.305. The number of allylic oxidation sites excluding steroid dienone is 1. The molecule has 5 heteroatoms. The lowest BCUT2D eigenvalue weighted by atomic mass is 9.76. The number of fused-ring (bicyclic) bond motifs is 2. The van der Waals surface area contributed by atoms with Crippen LogP contribution in [0, 0.1) is 12.8 Å². The second-order valence-electron chi connectivity index (χ2n) is 8.45. The molecular formula is C25H27ClN4. The number of benzene rings is 1. The third kappa shape index (κ3) is 3.82. The predicted molar refractivity (Wildman–Crippen MR) is 123 cm³/mol. The minimum atomic E-state index is 0.305. The third-order valence-electron chi connectivity index (χ3n) is 6.45. The Bertz CT molecular complexity index is 1080. The van der Waals surface area contributed by atoms with Crippen LogP contribution in [0.15, 0.2) is 49.1 Å². The van der Waals surface area contributed by atoms with Crippen molar-refractivity contribution in [2.24, 2.45) is 5.92 Å². The lowest BCUT2D eigenvalue weighted by Crippen LogP contribution is -2.32. The lowest BCUT2D eigenvalue weighted by molar-refractivity contribution is 0.339. The van der Waals surface area contributed by atoms with Gasteiger partial charge in [-0.3, -0.25) is 4.98 Å². The molecular weight excluding hydrogens is 392 g/mol. The van der Waals surface area contributed by atoms with Crippen LogP contribution in [0.4, 0.5) is 0 Å². The van der Waals surface area contributed by atoms with Crippen molar-refractivity contribution in [2.75, 3.05) is 13.1 Å². The van der Waals surface area contributed by atoms with Gasteiger partial charge in [-0.15, -0.1) is 0 Å². The Morgan fingerprint density at radius 1 is 1.17 bits per heavy atom. The summed E-state index contributed by atoms with van der Waals surface area (Å²) in [4.78, 5) is 9.27. The number of imidazole rings is 1. The number of rotatable bonds is 4. The smallest absolute Gasteiger partial charge is 0.0949 e. The Hall–Kier alpha value is -2.43. The van der Waals surface area contributed by atoms with Crippen molar-refractivity contribution >= 4 is 23.3 Å². The summed E-state index contributed by atoms with van der Waals surface area (Å²) in [6, 6.07) is 10.7. The number of nitrogens with one attached hydrogen (secondary N) is 1. The summed E-state index contributed by atoms with van der Waals surface area (Å²) >= 11 is 6.49. The number of nitrogens with zero attached hydrogens (tertiary/aromatic N) is 3. The van der Waals surface area contributed by atoms with Crippen LogP contribution in [0.5, 0.6) is 0 Å². The van der Waals surface area contributed by atoms with Crippen molar-refractivity contribution in [3.63, 3.8) is 0 Å². The molecule has 0 saturated carbocycles. The number of pyridine rings is 1. The number of aromatic nitrogens is 3. The first kappa shape index (κ1) is 19.5. The molecule has 0 radical (unpaired) electrons. The molecule has 4 nitrogen and oxygen atoms in total. The SMILES string of the molecule is Cc1cn(CCC2=Cc3cccnc3C(C3CCNCC3)c3ccc(Cl)cc32)cn1. The van der Waals surface area contributed by atoms with Gasteiger partial charge in [0.25, 0.3) is 0 Å². The van der Waals surface area contributed by atoms with Gasteiger partial charge in [-0.1, -0.05) is 23.7 Å². The standard InChI is InChI=1S/C25H27ClN4/c1-17-15-30(16-29-17)12-8-19-13-20-3-2-9-28-25(20)24(18-6-10-27-11-7-18)22-5-4-21(26)14-23(19)22/h2-5,9,13-16,18,24,27H,6-8,10-12H2,1H3. The highest BCUT2D eigenvalue weighted by molar-refractivity contribution is 6.30. The van der Waals surface area contributed by atoms with Gasteiger partial charge in [-0.05, 0) is 91.7 Å². The average Bonchev–Trinajstić information content (AvgIpc) is 3.13. The van der Waals surface area contributed by atoms with Crippen LogP contribution in [-0.2, 0) is 6.54 Å². The molecule has 1 aliphatic heterocycles. The quantitative estimate of drug-likeness (QED) is 0.623. The molecule has 1 saturated heterocycles. The van der Waals surface area contributed by atoms with E-state index in [1.54, 1.807) is 0 Å². The van der Waals surface area contributed by atoms with Crippen molar-refractivity contribution in [2.45, 2.75) is 38.6 Å². The molecule has 30 heavy (non-hydrogen) atoms. The minimum Gasteiger partial charge on any atom is -0.337 e. The van der Waals surface area contributed by atoms with Gasteiger partial charge in [0.05, 0.1) is 17.7 Å². The highest BCUT2D eigenvalue weighted by atomic mass is 35.5. The van der Waals surface area contributed by atoms with E-state index in [9.17, 15) is 0 Å². The van der Waals surface area contributed by atoms with Crippen LogP contribution >= 0.6 is 11.6 Å². The second-order valence-corrected chi connectivity index (χ2v) is 8.88. The molecule has 5 rings (SSSR count). The van der Waals surface area contributed by atoms with Crippen LogP contribution in [0.2, 0.25) is 5.02 Å². The Kier molecular flexibility index (Phi) is 5.45. The topological polar surface area (TPSA) is 42.7 Å². The van der Waals surface area contributed by atoms with Crippen LogP contribution in [0.1, 0.15) is 53.3 Å². The monoisotopic (exact) mass is 418 g/mol. The number of hydrogen-bond donors (Lipinski definition) is 1. The average molecular weight is 419 g/mol. The summed E-state index contributed by atoms with van der Waals surface area (Å²) < 4.78 is 2.17. The summed E-state index contributed by atoms with van der Waals surface area (Å²) in [5.74, 6) is 0.892. The number of halogens is 1. The van der Waals surface area contributed by atoms with Gasteiger partial charge in [-0.2, -0.15) is 0 Å². The fraction of sp³-hybridized carbons (Fsp3) is 0.360. The van der Waals surface area contributed by atoms with E-state index in [0.29, 0.717) is 11.8 Å². The van der Waals surface area contributed by atoms with Crippen molar-refractivity contribution in [3.8, 4) is 0 Å². The Labute approximate surface area is 183 Å². The van der Waals surface area contributed by atoms with Gasteiger partial charge in [0.1, 0.15) is 0 Å². The van der Waals surface area contributed by atoms with Crippen molar-refractivity contribution in [1.82, 2.24) is 19.9 Å². The maximum absolute atomic E-state index is 6.49. The normalized spacial score (nSPS) is 19.0. The van der Waals surface area contributed by atoms with Crippen molar-refractivity contribution in [3.05, 3.63) is 82.2 Å². The molecule has 3 heterocycles. The summed E-state index contributed by atoms with van der Waals surface area (Å²) in [5, 5.41) is 4.31. The van der Waals surface area contributed by atoms with Crippen LogP contribution < -0.4 is 5.32 Å². The van der Waals surface area contributed by atoms with Gasteiger partial charge in [-0.25, -0.2) is 4.98 Å². The van der Waals surface area contributed by atoms with Gasteiger partial charge < -0.3 is 9.88 Å². The first-order chi connectivity index (χ1) is 14.7. The number of aryl methyl sites for hydroxylation is 2. The van der Waals surface area contributed by atoms with E-state index in [1.807, 2.05) is 25.5 Å². The molecule has 0 bridgehead atoms. The highest BCUT2D eigenvalue weighted by Crippen LogP contribution is 2.44. The van der Waals surface area contributed by atoms with Crippen LogP contribution in [0.25, 0.3) is 11.6 Å². The molecule has 1 unspecified atom stereocenters. The maximum atomic E-state index is 6.49.